The second-order valence-corrected chi connectivity index (χ2v) is 15.3. The minimum atomic E-state index is -0.0497. The third-order valence-electron chi connectivity index (χ3n) is 8.50. The standard InChI is InChI=1S/C38H56NOP/c1-12-24-38(13-2,41-35-28(5)20-19-23-33(35)39(14-3)15-4)32-26-30(36(6,7)8)25-31(37(9,10)11)34(32)40-27-29-21-17-16-18-22-29/h16-23,25-26,41H,12-15,24,27H2,1-11H3. The molecule has 0 aliphatic carbocycles. The van der Waals surface area contributed by atoms with Gasteiger partial charge in [0.05, 0.1) is 0 Å². The van der Waals surface area contributed by atoms with E-state index in [1.807, 2.05) is 0 Å². The van der Waals surface area contributed by atoms with Crippen LogP contribution in [-0.2, 0) is 22.6 Å². The molecule has 0 radical (unpaired) electrons. The second kappa shape index (κ2) is 13.8. The molecule has 3 aromatic carbocycles. The van der Waals surface area contributed by atoms with E-state index in [1.165, 1.54) is 38.8 Å². The number of nitrogens with zero attached hydrogens (tertiary/aromatic N) is 1. The monoisotopic (exact) mass is 573 g/mol. The lowest BCUT2D eigenvalue weighted by atomic mass is 9.76. The lowest BCUT2D eigenvalue weighted by molar-refractivity contribution is 0.288. The van der Waals surface area contributed by atoms with Crippen molar-refractivity contribution in [2.75, 3.05) is 18.0 Å². The van der Waals surface area contributed by atoms with Gasteiger partial charge in [-0.1, -0.05) is 125 Å². The zero-order valence-corrected chi connectivity index (χ0v) is 28.9. The first-order valence-corrected chi connectivity index (χ1v) is 16.8. The minimum Gasteiger partial charge on any atom is -0.488 e. The Labute approximate surface area is 254 Å². The highest BCUT2D eigenvalue weighted by Crippen LogP contribution is 2.55. The number of hydrogen-bond acceptors (Lipinski definition) is 2. The molecule has 0 N–H and O–H groups in total. The summed E-state index contributed by atoms with van der Waals surface area (Å²) in [5.74, 6) is 1.11. The topological polar surface area (TPSA) is 12.5 Å². The van der Waals surface area contributed by atoms with Crippen LogP contribution in [0.4, 0.5) is 5.69 Å². The highest BCUT2D eigenvalue weighted by atomic mass is 31.1. The van der Waals surface area contributed by atoms with Crippen LogP contribution in [0.3, 0.4) is 0 Å². The van der Waals surface area contributed by atoms with Crippen molar-refractivity contribution in [3.8, 4) is 5.75 Å². The zero-order chi connectivity index (χ0) is 30.4. The Morgan fingerprint density at radius 1 is 0.756 bits per heavy atom. The molecule has 0 bridgehead atoms. The molecule has 0 heterocycles. The van der Waals surface area contributed by atoms with Crippen molar-refractivity contribution in [3.63, 3.8) is 0 Å². The fourth-order valence-electron chi connectivity index (χ4n) is 5.89. The van der Waals surface area contributed by atoms with E-state index in [1.54, 1.807) is 0 Å². The van der Waals surface area contributed by atoms with E-state index in [9.17, 15) is 0 Å². The minimum absolute atomic E-state index is 0.0178. The number of ether oxygens (including phenoxy) is 1. The molecule has 2 atom stereocenters. The zero-order valence-electron chi connectivity index (χ0n) is 27.9. The molecule has 0 aliphatic rings. The van der Waals surface area contributed by atoms with E-state index in [-0.39, 0.29) is 16.0 Å². The van der Waals surface area contributed by atoms with Gasteiger partial charge in [-0.05, 0) is 72.5 Å². The molecule has 3 heteroatoms. The summed E-state index contributed by atoms with van der Waals surface area (Å²) < 4.78 is 6.98. The molecule has 2 nitrogen and oxygen atoms in total. The molecule has 2 unspecified atom stereocenters. The van der Waals surface area contributed by atoms with E-state index < -0.39 is 0 Å². The van der Waals surface area contributed by atoms with Crippen LogP contribution in [0.2, 0.25) is 0 Å². The predicted octanol–water partition coefficient (Wildman–Crippen LogP) is 10.4. The molecule has 0 amide bonds. The van der Waals surface area contributed by atoms with Crippen molar-refractivity contribution in [1.82, 2.24) is 0 Å². The number of rotatable bonds is 12. The Hall–Kier alpha value is -2.31. The molecule has 3 rings (SSSR count). The van der Waals surface area contributed by atoms with Crippen molar-refractivity contribution in [1.29, 1.82) is 0 Å². The average molecular weight is 574 g/mol. The lowest BCUT2D eigenvalue weighted by Gasteiger charge is -2.40. The van der Waals surface area contributed by atoms with Gasteiger partial charge in [0.25, 0.3) is 0 Å². The second-order valence-electron chi connectivity index (χ2n) is 13.6. The van der Waals surface area contributed by atoms with Crippen LogP contribution in [-0.4, -0.2) is 13.1 Å². The van der Waals surface area contributed by atoms with Gasteiger partial charge in [-0.2, -0.15) is 0 Å². The maximum absolute atomic E-state index is 6.98. The third-order valence-corrected chi connectivity index (χ3v) is 10.8. The summed E-state index contributed by atoms with van der Waals surface area (Å²) in [5.41, 5.74) is 8.12. The molecule has 3 aromatic rings. The summed E-state index contributed by atoms with van der Waals surface area (Å²) in [5, 5.41) is 1.50. The van der Waals surface area contributed by atoms with Gasteiger partial charge in [0.2, 0.25) is 0 Å². The van der Waals surface area contributed by atoms with E-state index >= 15 is 0 Å². The molecule has 0 saturated heterocycles. The Morgan fingerprint density at radius 2 is 1.39 bits per heavy atom. The van der Waals surface area contributed by atoms with E-state index in [0.29, 0.717) is 15.2 Å². The lowest BCUT2D eigenvalue weighted by Crippen LogP contribution is -2.31. The SMILES string of the molecule is CCCC(CC)(Pc1c(C)cccc1N(CC)CC)c1cc(C(C)(C)C)cc(C(C)(C)C)c1OCc1ccccc1. The highest BCUT2D eigenvalue weighted by Gasteiger charge is 2.38. The summed E-state index contributed by atoms with van der Waals surface area (Å²) in [6.07, 6.45) is 3.34. The normalized spacial score (nSPS) is 13.9. The third kappa shape index (κ3) is 7.75. The van der Waals surface area contributed by atoms with E-state index in [0.717, 1.165) is 38.1 Å². The Kier molecular flexibility index (Phi) is 11.2. The largest absolute Gasteiger partial charge is 0.488 e. The van der Waals surface area contributed by atoms with Gasteiger partial charge in [-0.25, -0.2) is 0 Å². The van der Waals surface area contributed by atoms with Crippen LogP contribution in [0.5, 0.6) is 5.75 Å². The summed E-state index contributed by atoms with van der Waals surface area (Å²) in [6, 6.07) is 22.5. The Balaban J connectivity index is 2.36. The Morgan fingerprint density at radius 3 is 1.93 bits per heavy atom. The van der Waals surface area contributed by atoms with Crippen molar-refractivity contribution in [2.24, 2.45) is 0 Å². The molecule has 0 spiro atoms. The van der Waals surface area contributed by atoms with Gasteiger partial charge in [-0.3, -0.25) is 0 Å². The fraction of sp³-hybridized carbons (Fsp3) is 0.526. The van der Waals surface area contributed by atoms with Crippen molar-refractivity contribution in [3.05, 3.63) is 88.5 Å². The van der Waals surface area contributed by atoms with Gasteiger partial charge in [-0.15, -0.1) is 0 Å². The quantitative estimate of drug-likeness (QED) is 0.200. The fourth-order valence-corrected chi connectivity index (χ4v) is 7.89. The molecular formula is C38H56NOP. The van der Waals surface area contributed by atoms with Gasteiger partial charge < -0.3 is 9.64 Å². The first kappa shape index (κ1) is 33.2. The first-order chi connectivity index (χ1) is 19.3. The molecule has 0 aliphatic heterocycles. The van der Waals surface area contributed by atoms with Crippen LogP contribution in [0.1, 0.15) is 116 Å². The molecule has 41 heavy (non-hydrogen) atoms. The molecule has 0 saturated carbocycles. The molecular weight excluding hydrogens is 517 g/mol. The Bertz CT molecular complexity index is 1260. The maximum Gasteiger partial charge on any atom is 0.127 e. The average Bonchev–Trinajstić information content (AvgIpc) is 2.93. The number of benzene rings is 3. The smallest absolute Gasteiger partial charge is 0.127 e. The first-order valence-electron chi connectivity index (χ1n) is 15.8. The van der Waals surface area contributed by atoms with Crippen LogP contribution >= 0.6 is 8.58 Å². The van der Waals surface area contributed by atoms with Gasteiger partial charge in [0.1, 0.15) is 12.4 Å². The molecule has 224 valence electrons. The van der Waals surface area contributed by atoms with Gasteiger partial charge in [0.15, 0.2) is 0 Å². The van der Waals surface area contributed by atoms with Crippen molar-refractivity contribution < 1.29 is 4.74 Å². The summed E-state index contributed by atoms with van der Waals surface area (Å²) >= 11 is 0. The number of hydrogen-bond donors (Lipinski definition) is 0. The summed E-state index contributed by atoms with van der Waals surface area (Å²) in [4.78, 5) is 2.53. The number of aryl methyl sites for hydroxylation is 1. The highest BCUT2D eigenvalue weighted by molar-refractivity contribution is 7.49. The van der Waals surface area contributed by atoms with Crippen LogP contribution in [0.25, 0.3) is 0 Å². The van der Waals surface area contributed by atoms with E-state index in [4.69, 9.17) is 4.74 Å². The van der Waals surface area contributed by atoms with Gasteiger partial charge in [0, 0.05) is 35.1 Å². The van der Waals surface area contributed by atoms with Crippen LogP contribution < -0.4 is 14.9 Å². The van der Waals surface area contributed by atoms with Crippen LogP contribution in [0.15, 0.2) is 60.7 Å². The van der Waals surface area contributed by atoms with Crippen LogP contribution in [0, 0.1) is 6.92 Å². The maximum atomic E-state index is 6.98. The van der Waals surface area contributed by atoms with Crippen molar-refractivity contribution in [2.45, 2.75) is 118 Å². The number of anilines is 1. The molecule has 0 fully saturated rings. The van der Waals surface area contributed by atoms with Gasteiger partial charge >= 0.3 is 0 Å². The summed E-state index contributed by atoms with van der Waals surface area (Å²) in [7, 11) is 0.652. The summed E-state index contributed by atoms with van der Waals surface area (Å²) in [6.45, 7) is 28.3. The molecule has 0 aromatic heterocycles. The van der Waals surface area contributed by atoms with E-state index in [2.05, 4.69) is 142 Å². The predicted molar refractivity (Wildman–Crippen MR) is 184 cm³/mol. The van der Waals surface area contributed by atoms with Crippen molar-refractivity contribution >= 4 is 19.6 Å².